The normalized spacial score (nSPS) is 31.5. The summed E-state index contributed by atoms with van der Waals surface area (Å²) >= 11 is 0. The monoisotopic (exact) mass is 300 g/mol. The molecular formula is C15H24O4S. The number of carboxylic acid groups (broad SMARTS) is 1. The lowest BCUT2D eigenvalue weighted by atomic mass is 9.98. The second-order valence-electron chi connectivity index (χ2n) is 6.99. The van der Waals surface area contributed by atoms with Crippen molar-refractivity contribution in [2.45, 2.75) is 69.5 Å². The van der Waals surface area contributed by atoms with Crippen LogP contribution in [0.15, 0.2) is 0 Å². The molecule has 1 saturated heterocycles. The van der Waals surface area contributed by atoms with Crippen molar-refractivity contribution < 1.29 is 18.8 Å². The van der Waals surface area contributed by atoms with E-state index in [1.54, 1.807) is 0 Å². The first kappa shape index (κ1) is 14.5. The summed E-state index contributed by atoms with van der Waals surface area (Å²) in [7, 11) is -0.938. The molecule has 0 aromatic rings. The van der Waals surface area contributed by atoms with Gasteiger partial charge in [0.15, 0.2) is 0 Å². The van der Waals surface area contributed by atoms with Crippen LogP contribution in [0.1, 0.15) is 57.8 Å². The van der Waals surface area contributed by atoms with Gasteiger partial charge in [0.1, 0.15) is 0 Å². The minimum atomic E-state index is -0.938. The number of ether oxygens (including phenoxy) is 1. The molecule has 2 unspecified atom stereocenters. The summed E-state index contributed by atoms with van der Waals surface area (Å²) < 4.78 is 18.5. The molecule has 1 aliphatic heterocycles. The summed E-state index contributed by atoms with van der Waals surface area (Å²) in [6, 6.07) is 0. The van der Waals surface area contributed by atoms with Crippen LogP contribution in [0.25, 0.3) is 0 Å². The van der Waals surface area contributed by atoms with Crippen molar-refractivity contribution in [3.05, 3.63) is 0 Å². The van der Waals surface area contributed by atoms with E-state index in [0.29, 0.717) is 11.5 Å². The molecule has 1 spiro atoms. The number of aliphatic carboxylic acids is 1. The van der Waals surface area contributed by atoms with E-state index in [0.717, 1.165) is 25.7 Å². The van der Waals surface area contributed by atoms with Crippen LogP contribution >= 0.6 is 0 Å². The Kier molecular flexibility index (Phi) is 3.93. The summed E-state index contributed by atoms with van der Waals surface area (Å²) in [6.07, 6.45) is 9.14. The largest absolute Gasteiger partial charge is 0.481 e. The zero-order valence-electron chi connectivity index (χ0n) is 11.9. The topological polar surface area (TPSA) is 63.6 Å². The maximum absolute atomic E-state index is 12.3. The van der Waals surface area contributed by atoms with Gasteiger partial charge in [0.25, 0.3) is 0 Å². The third-order valence-corrected chi connectivity index (χ3v) is 6.85. The van der Waals surface area contributed by atoms with Gasteiger partial charge in [-0.25, -0.2) is 0 Å². The van der Waals surface area contributed by atoms with Crippen molar-refractivity contribution >= 4 is 16.8 Å². The first-order valence-corrected chi connectivity index (χ1v) is 9.24. The van der Waals surface area contributed by atoms with Gasteiger partial charge in [-0.05, 0) is 43.9 Å². The first-order chi connectivity index (χ1) is 9.51. The van der Waals surface area contributed by atoms with Crippen LogP contribution in [-0.2, 0) is 20.3 Å². The van der Waals surface area contributed by atoms with E-state index in [-0.39, 0.29) is 23.5 Å². The standard InChI is InChI=1S/C15H24O4S/c16-13(17)9-14(7-8-14)11-20(18)10-12-3-6-15(19-12)4-1-2-5-15/h12H,1-11H2,(H,16,17). The molecule has 1 heterocycles. The highest BCUT2D eigenvalue weighted by Gasteiger charge is 2.47. The Hall–Kier alpha value is -0.420. The van der Waals surface area contributed by atoms with E-state index in [1.165, 1.54) is 25.7 Å². The van der Waals surface area contributed by atoms with E-state index in [1.807, 2.05) is 0 Å². The van der Waals surface area contributed by atoms with Crippen molar-refractivity contribution in [2.24, 2.45) is 5.41 Å². The molecule has 0 amide bonds. The van der Waals surface area contributed by atoms with Gasteiger partial charge >= 0.3 is 5.97 Å². The lowest BCUT2D eigenvalue weighted by Crippen LogP contribution is -2.28. The maximum Gasteiger partial charge on any atom is 0.303 e. The molecule has 3 rings (SSSR count). The highest BCUT2D eigenvalue weighted by molar-refractivity contribution is 7.85. The number of carbonyl (C=O) groups is 1. The average molecular weight is 300 g/mol. The minimum Gasteiger partial charge on any atom is -0.481 e. The van der Waals surface area contributed by atoms with Gasteiger partial charge in [-0.2, -0.15) is 0 Å². The van der Waals surface area contributed by atoms with Crippen molar-refractivity contribution in [3.8, 4) is 0 Å². The second-order valence-corrected chi connectivity index (χ2v) is 8.49. The van der Waals surface area contributed by atoms with Crippen molar-refractivity contribution in [1.82, 2.24) is 0 Å². The molecule has 0 aromatic heterocycles. The third kappa shape index (κ3) is 3.25. The van der Waals surface area contributed by atoms with Crippen LogP contribution in [0.2, 0.25) is 0 Å². The predicted octanol–water partition coefficient (Wildman–Crippen LogP) is 2.48. The Bertz CT molecular complexity index is 410. The fourth-order valence-corrected chi connectivity index (χ4v) is 5.72. The lowest BCUT2D eigenvalue weighted by molar-refractivity contribution is -0.138. The highest BCUT2D eigenvalue weighted by atomic mass is 32.2. The summed E-state index contributed by atoms with van der Waals surface area (Å²) in [5, 5.41) is 8.90. The molecular weight excluding hydrogens is 276 g/mol. The molecule has 4 nitrogen and oxygen atoms in total. The average Bonchev–Trinajstić information content (AvgIpc) is 2.82. The van der Waals surface area contributed by atoms with Crippen molar-refractivity contribution in [1.29, 1.82) is 0 Å². The number of rotatable bonds is 6. The molecule has 1 N–H and O–H groups in total. The zero-order chi connectivity index (χ0) is 14.2. The van der Waals surface area contributed by atoms with Crippen molar-refractivity contribution in [3.63, 3.8) is 0 Å². The number of hydrogen-bond donors (Lipinski definition) is 1. The molecule has 2 saturated carbocycles. The summed E-state index contributed by atoms with van der Waals surface area (Å²) in [6.45, 7) is 0. The minimum absolute atomic E-state index is 0.104. The van der Waals surface area contributed by atoms with E-state index in [4.69, 9.17) is 9.84 Å². The Labute approximate surface area is 122 Å². The van der Waals surface area contributed by atoms with Crippen LogP contribution in [0.5, 0.6) is 0 Å². The molecule has 114 valence electrons. The Balaban J connectivity index is 1.47. The van der Waals surface area contributed by atoms with Crippen LogP contribution < -0.4 is 0 Å². The molecule has 2 aliphatic carbocycles. The van der Waals surface area contributed by atoms with E-state index in [9.17, 15) is 9.00 Å². The van der Waals surface area contributed by atoms with Gasteiger partial charge in [0.2, 0.25) is 0 Å². The summed E-state index contributed by atoms with van der Waals surface area (Å²) in [5.74, 6) is 0.386. The zero-order valence-corrected chi connectivity index (χ0v) is 12.8. The molecule has 0 radical (unpaired) electrons. The van der Waals surface area contributed by atoms with Crippen LogP contribution in [0.4, 0.5) is 0 Å². The van der Waals surface area contributed by atoms with E-state index < -0.39 is 16.8 Å². The van der Waals surface area contributed by atoms with Gasteiger partial charge in [-0.1, -0.05) is 12.8 Å². The molecule has 3 fully saturated rings. The molecule has 0 bridgehead atoms. The maximum atomic E-state index is 12.3. The van der Waals surface area contributed by atoms with Gasteiger partial charge < -0.3 is 9.84 Å². The third-order valence-electron chi connectivity index (χ3n) is 5.18. The van der Waals surface area contributed by atoms with Crippen molar-refractivity contribution in [2.75, 3.05) is 11.5 Å². The molecule has 2 atom stereocenters. The Morgan fingerprint density at radius 3 is 2.50 bits per heavy atom. The van der Waals surface area contributed by atoms with Gasteiger partial charge in [0.05, 0.1) is 18.1 Å². The molecule has 0 aromatic carbocycles. The highest BCUT2D eigenvalue weighted by Crippen LogP contribution is 2.50. The smallest absolute Gasteiger partial charge is 0.303 e. The van der Waals surface area contributed by atoms with E-state index >= 15 is 0 Å². The molecule has 20 heavy (non-hydrogen) atoms. The predicted molar refractivity (Wildman–Crippen MR) is 77.1 cm³/mol. The van der Waals surface area contributed by atoms with Crippen LogP contribution in [0.3, 0.4) is 0 Å². The first-order valence-electron chi connectivity index (χ1n) is 7.76. The lowest BCUT2D eigenvalue weighted by Gasteiger charge is -2.24. The fraction of sp³-hybridized carbons (Fsp3) is 0.933. The summed E-state index contributed by atoms with van der Waals surface area (Å²) in [4.78, 5) is 10.8. The van der Waals surface area contributed by atoms with Gasteiger partial charge in [-0.3, -0.25) is 9.00 Å². The van der Waals surface area contributed by atoms with Crippen LogP contribution in [0, 0.1) is 5.41 Å². The van der Waals surface area contributed by atoms with E-state index in [2.05, 4.69) is 0 Å². The molecule has 3 aliphatic rings. The van der Waals surface area contributed by atoms with Gasteiger partial charge in [0, 0.05) is 22.3 Å². The molecule has 5 heteroatoms. The second kappa shape index (κ2) is 5.41. The fourth-order valence-electron chi connectivity index (χ4n) is 3.88. The quantitative estimate of drug-likeness (QED) is 0.818. The van der Waals surface area contributed by atoms with Crippen LogP contribution in [-0.4, -0.2) is 38.5 Å². The Morgan fingerprint density at radius 1 is 1.20 bits per heavy atom. The summed E-state index contributed by atoms with van der Waals surface area (Å²) in [5.41, 5.74) is -0.0620. The van der Waals surface area contributed by atoms with Gasteiger partial charge in [-0.15, -0.1) is 0 Å². The number of carboxylic acids is 1. The number of hydrogen-bond acceptors (Lipinski definition) is 3. The SMILES string of the molecule is O=C(O)CC1(CS(=O)CC2CCC3(CCCC3)O2)CC1. The Morgan fingerprint density at radius 2 is 1.90 bits per heavy atom.